The lowest BCUT2D eigenvalue weighted by atomic mass is 10.2. The van der Waals surface area contributed by atoms with Crippen molar-refractivity contribution in [2.45, 2.75) is 143 Å². The number of hydrogen-bond donors (Lipinski definition) is 0. The van der Waals surface area contributed by atoms with Gasteiger partial charge in [0.05, 0.1) is 21.3 Å². The second-order valence-electron chi connectivity index (χ2n) is 16.3. The summed E-state index contributed by atoms with van der Waals surface area (Å²) in [7, 11) is -14.0. The van der Waals surface area contributed by atoms with Crippen molar-refractivity contribution >= 4 is 59.8 Å². The summed E-state index contributed by atoms with van der Waals surface area (Å²) in [4.78, 5) is 0. The normalized spacial score (nSPS) is 32.6. The zero-order valence-electron chi connectivity index (χ0n) is 25.8. The van der Waals surface area contributed by atoms with E-state index < -0.39 is 59.8 Å². The zero-order chi connectivity index (χ0) is 26.4. The molecule has 0 bridgehead atoms. The molecule has 0 radical (unpaired) electrons. The molecule has 192 valence electrons. The van der Waals surface area contributed by atoms with Crippen molar-refractivity contribution in [2.24, 2.45) is 0 Å². The molecule has 0 aromatic rings. The van der Waals surface area contributed by atoms with Gasteiger partial charge < -0.3 is 8.23 Å². The van der Waals surface area contributed by atoms with Crippen LogP contribution in [0.2, 0.25) is 102 Å². The zero-order valence-corrected chi connectivity index (χ0v) is 33.8. The third-order valence-corrected chi connectivity index (χ3v) is 170. The Morgan fingerprint density at radius 2 is 0.625 bits per heavy atom. The van der Waals surface area contributed by atoms with Gasteiger partial charge in [0, 0.05) is 7.11 Å². The molecule has 0 amide bonds. The van der Waals surface area contributed by atoms with E-state index in [0.717, 1.165) is 0 Å². The van der Waals surface area contributed by atoms with Crippen LogP contribution in [0.25, 0.3) is 0 Å². The summed E-state index contributed by atoms with van der Waals surface area (Å²) in [5.74, 6) is 0. The third-order valence-electron chi connectivity index (χ3n) is 12.4. The molecule has 0 aromatic carbocycles. The average Bonchev–Trinajstić information content (AvgIpc) is 2.49. The maximum Gasteiger partial charge on any atom is 0.178 e. The molecular weight excluding hydrogens is 521 g/mol. The maximum atomic E-state index is 7.91. The fraction of sp³-hybridized carbons (Fsp3) is 1.00. The first-order chi connectivity index (χ1) is 13.4. The van der Waals surface area contributed by atoms with Crippen molar-refractivity contribution in [1.82, 2.24) is 0 Å². The van der Waals surface area contributed by atoms with E-state index in [1.807, 2.05) is 0 Å². The van der Waals surface area contributed by atoms with Crippen LogP contribution in [0.5, 0.6) is 0 Å². The molecule has 0 N–H and O–H groups in total. The van der Waals surface area contributed by atoms with E-state index in [1.165, 1.54) is 0 Å². The summed E-state index contributed by atoms with van der Waals surface area (Å²) >= 11 is 0. The van der Waals surface area contributed by atoms with Gasteiger partial charge in [-0.15, -0.1) is 0 Å². The highest BCUT2D eigenvalue weighted by Gasteiger charge is 2.82. The van der Waals surface area contributed by atoms with Crippen molar-refractivity contribution in [2.75, 3.05) is 0 Å². The molecule has 2 nitrogen and oxygen atoms in total. The molecule has 1 aliphatic rings. The molecule has 1 heterocycles. The van der Waals surface area contributed by atoms with Crippen molar-refractivity contribution in [3.8, 4) is 0 Å². The molecule has 1 saturated heterocycles. The maximum absolute atomic E-state index is 7.91. The summed E-state index contributed by atoms with van der Waals surface area (Å²) in [6.07, 6.45) is 0. The summed E-state index contributed by atoms with van der Waals surface area (Å²) in [6.45, 7) is 52.7. The Labute approximate surface area is 210 Å². The SMILES string of the molecule is CC(C)(C)[Si](C)(C)O[Si@@]1(C)[Si](C)(C)[Si](C)(C)[Si](C)(C)[Si@@](C)(O[Si](C)(C)C(C)(C)C)[Si]1(C)C. The second-order valence-corrected chi connectivity index (χ2v) is 94.5. The van der Waals surface area contributed by atoms with Gasteiger partial charge in [0.25, 0.3) is 0 Å². The minimum absolute atomic E-state index is 0.270. The Kier molecular flexibility index (Phi) is 8.00. The Hall–Kier alpha value is 1.66. The Balaban J connectivity index is 4.01. The van der Waals surface area contributed by atoms with E-state index in [4.69, 9.17) is 8.23 Å². The van der Waals surface area contributed by atoms with E-state index in [-0.39, 0.29) is 10.1 Å². The van der Waals surface area contributed by atoms with E-state index in [2.05, 4.69) is 133 Å². The van der Waals surface area contributed by atoms with Crippen molar-refractivity contribution < 1.29 is 8.23 Å². The number of rotatable bonds is 4. The molecule has 1 aliphatic heterocycles. The van der Waals surface area contributed by atoms with Crippen molar-refractivity contribution in [1.29, 1.82) is 0 Å². The van der Waals surface area contributed by atoms with Gasteiger partial charge in [-0.05, 0) is 36.3 Å². The van der Waals surface area contributed by atoms with Crippen LogP contribution in [-0.2, 0) is 8.23 Å². The first-order valence-electron chi connectivity index (χ1n) is 12.8. The first-order valence-corrected chi connectivity index (χ1v) is 41.4. The fourth-order valence-electron chi connectivity index (χ4n) is 5.83. The topological polar surface area (TPSA) is 18.5 Å². The minimum Gasteiger partial charge on any atom is -0.460 e. The molecule has 0 aliphatic carbocycles. The van der Waals surface area contributed by atoms with Crippen LogP contribution < -0.4 is 0 Å². The molecular formula is C22H60O2Si8. The van der Waals surface area contributed by atoms with Gasteiger partial charge in [0.15, 0.2) is 16.6 Å². The predicted octanol–water partition coefficient (Wildman–Crippen LogP) is 8.50. The lowest BCUT2D eigenvalue weighted by molar-refractivity contribution is 0.498. The second kappa shape index (κ2) is 8.08. The molecule has 0 spiro atoms. The molecule has 1 rings (SSSR count). The number of hydrogen-bond acceptors (Lipinski definition) is 2. The van der Waals surface area contributed by atoms with E-state index in [1.54, 1.807) is 0 Å². The highest BCUT2D eigenvalue weighted by molar-refractivity contribution is 8.12. The lowest BCUT2D eigenvalue weighted by Crippen LogP contribution is -3.04. The molecule has 0 unspecified atom stereocenters. The first kappa shape index (κ1) is 31.7. The van der Waals surface area contributed by atoms with Gasteiger partial charge in [-0.2, -0.15) is 0 Å². The van der Waals surface area contributed by atoms with Crippen LogP contribution in [0.1, 0.15) is 41.5 Å². The predicted molar refractivity (Wildman–Crippen MR) is 170 cm³/mol. The van der Waals surface area contributed by atoms with Gasteiger partial charge in [-0.25, -0.2) is 0 Å². The van der Waals surface area contributed by atoms with Crippen LogP contribution >= 0.6 is 0 Å². The van der Waals surface area contributed by atoms with Gasteiger partial charge >= 0.3 is 0 Å². The van der Waals surface area contributed by atoms with Gasteiger partial charge in [0.1, 0.15) is 14.7 Å². The van der Waals surface area contributed by atoms with E-state index >= 15 is 0 Å². The summed E-state index contributed by atoms with van der Waals surface area (Å²) in [5.41, 5.74) is 0. The van der Waals surface area contributed by atoms with E-state index in [0.29, 0.717) is 0 Å². The monoisotopic (exact) mass is 580 g/mol. The molecule has 1 fully saturated rings. The summed E-state index contributed by atoms with van der Waals surface area (Å²) < 4.78 is 15.8. The van der Waals surface area contributed by atoms with Crippen LogP contribution in [0.3, 0.4) is 0 Å². The fourth-order valence-corrected chi connectivity index (χ4v) is 262. The third kappa shape index (κ3) is 4.05. The van der Waals surface area contributed by atoms with Crippen LogP contribution in [0.15, 0.2) is 0 Å². The molecule has 0 saturated carbocycles. The highest BCUT2D eigenvalue weighted by Crippen LogP contribution is 2.56. The molecule has 0 aromatic heterocycles. The van der Waals surface area contributed by atoms with Crippen LogP contribution in [0, 0.1) is 0 Å². The van der Waals surface area contributed by atoms with Crippen molar-refractivity contribution in [3.63, 3.8) is 0 Å². The smallest absolute Gasteiger partial charge is 0.178 e. The Morgan fingerprint density at radius 3 is 0.812 bits per heavy atom. The van der Waals surface area contributed by atoms with Gasteiger partial charge in [-0.3, -0.25) is 0 Å². The molecule has 32 heavy (non-hydrogen) atoms. The summed E-state index contributed by atoms with van der Waals surface area (Å²) in [6, 6.07) is 0. The average molecular weight is 581 g/mol. The van der Waals surface area contributed by atoms with Gasteiger partial charge in [0.2, 0.25) is 0 Å². The standard InChI is InChI=1S/C22H60O2Si8/c1-21(2,3)25(7,8)23-31(19)28(13,14)27(11,12)29(15,16)32(20,30(31,17)18)24-26(9,10)22(4,5)6/h1-20H3/t31-,32+. The van der Waals surface area contributed by atoms with Crippen molar-refractivity contribution in [3.05, 3.63) is 0 Å². The molecule has 10 heteroatoms. The Morgan fingerprint density at radius 1 is 0.406 bits per heavy atom. The lowest BCUT2D eigenvalue weighted by Gasteiger charge is -2.74. The largest absolute Gasteiger partial charge is 0.460 e. The van der Waals surface area contributed by atoms with Crippen LogP contribution in [-0.4, -0.2) is 59.8 Å². The van der Waals surface area contributed by atoms with E-state index in [9.17, 15) is 0 Å². The summed E-state index contributed by atoms with van der Waals surface area (Å²) in [5, 5.41) is 0.540. The quantitative estimate of drug-likeness (QED) is 0.310. The van der Waals surface area contributed by atoms with Crippen LogP contribution in [0.4, 0.5) is 0 Å². The van der Waals surface area contributed by atoms with Gasteiger partial charge in [-0.1, -0.05) is 107 Å². The Bertz CT molecular complexity index is 673. The highest BCUT2D eigenvalue weighted by atomic mass is 30.2. The minimum atomic E-state index is -1.96. The molecule has 2 atom stereocenters.